The fourth-order valence-corrected chi connectivity index (χ4v) is 3.51. The molecule has 3 aromatic rings. The Morgan fingerprint density at radius 2 is 1.74 bits per heavy atom. The van der Waals surface area contributed by atoms with Crippen molar-refractivity contribution in [1.29, 1.82) is 0 Å². The smallest absolute Gasteiger partial charge is 0.290 e. The van der Waals surface area contributed by atoms with Gasteiger partial charge in [0.2, 0.25) is 0 Å². The molecule has 1 aliphatic rings. The quantitative estimate of drug-likeness (QED) is 0.752. The molecule has 134 valence electrons. The average molecular weight is 356 g/mol. The SMILES string of the molecule is Cc1ccc(C2=C(O)C(=O)N(Cc3cccnc3)C2c2ccccc2)cc1. The molecule has 0 fully saturated rings. The molecule has 1 atom stereocenters. The highest BCUT2D eigenvalue weighted by Crippen LogP contribution is 2.43. The molecule has 0 radical (unpaired) electrons. The van der Waals surface area contributed by atoms with E-state index in [1.54, 1.807) is 17.3 Å². The Hall–Kier alpha value is -3.40. The van der Waals surface area contributed by atoms with Crippen molar-refractivity contribution in [3.8, 4) is 0 Å². The van der Waals surface area contributed by atoms with Crippen LogP contribution < -0.4 is 0 Å². The summed E-state index contributed by atoms with van der Waals surface area (Å²) >= 11 is 0. The van der Waals surface area contributed by atoms with Gasteiger partial charge in [0, 0.05) is 24.5 Å². The first-order valence-electron chi connectivity index (χ1n) is 8.90. The number of aliphatic hydroxyl groups is 1. The maximum absolute atomic E-state index is 12.9. The van der Waals surface area contributed by atoms with Crippen LogP contribution in [0.1, 0.15) is 28.3 Å². The molecule has 0 saturated heterocycles. The van der Waals surface area contributed by atoms with Crippen LogP contribution in [0.2, 0.25) is 0 Å². The summed E-state index contributed by atoms with van der Waals surface area (Å²) in [4.78, 5) is 18.8. The summed E-state index contributed by atoms with van der Waals surface area (Å²) in [6.07, 6.45) is 3.45. The third kappa shape index (κ3) is 3.22. The molecule has 4 heteroatoms. The normalized spacial score (nSPS) is 16.9. The number of aryl methyl sites for hydroxylation is 1. The molecule has 1 aliphatic heterocycles. The lowest BCUT2D eigenvalue weighted by molar-refractivity contribution is -0.130. The average Bonchev–Trinajstić information content (AvgIpc) is 2.95. The van der Waals surface area contributed by atoms with E-state index in [1.807, 2.05) is 73.7 Å². The fourth-order valence-electron chi connectivity index (χ4n) is 3.51. The summed E-state index contributed by atoms with van der Waals surface area (Å²) in [7, 11) is 0. The zero-order chi connectivity index (χ0) is 18.8. The summed E-state index contributed by atoms with van der Waals surface area (Å²) in [6.45, 7) is 2.40. The van der Waals surface area contributed by atoms with Gasteiger partial charge in [0.25, 0.3) is 5.91 Å². The number of rotatable bonds is 4. The minimum atomic E-state index is -0.358. The van der Waals surface area contributed by atoms with Crippen molar-refractivity contribution in [3.05, 3.63) is 107 Å². The maximum atomic E-state index is 12.9. The van der Waals surface area contributed by atoms with E-state index in [4.69, 9.17) is 0 Å². The highest BCUT2D eigenvalue weighted by Gasteiger charge is 2.40. The molecular weight excluding hydrogens is 336 g/mol. The second-order valence-electron chi connectivity index (χ2n) is 6.74. The molecule has 1 amide bonds. The molecule has 27 heavy (non-hydrogen) atoms. The van der Waals surface area contributed by atoms with Gasteiger partial charge in [-0.3, -0.25) is 9.78 Å². The zero-order valence-electron chi connectivity index (χ0n) is 15.0. The van der Waals surface area contributed by atoms with Gasteiger partial charge in [-0.25, -0.2) is 0 Å². The van der Waals surface area contributed by atoms with Crippen molar-refractivity contribution in [2.45, 2.75) is 19.5 Å². The number of aromatic nitrogens is 1. The van der Waals surface area contributed by atoms with Crippen LogP contribution in [-0.4, -0.2) is 20.9 Å². The number of nitrogens with zero attached hydrogens (tertiary/aromatic N) is 2. The Morgan fingerprint density at radius 1 is 1.00 bits per heavy atom. The predicted octanol–water partition coefficient (Wildman–Crippen LogP) is 4.44. The highest BCUT2D eigenvalue weighted by atomic mass is 16.3. The van der Waals surface area contributed by atoms with E-state index in [0.717, 1.165) is 22.3 Å². The molecule has 0 bridgehead atoms. The van der Waals surface area contributed by atoms with Gasteiger partial charge in [-0.2, -0.15) is 0 Å². The van der Waals surface area contributed by atoms with Crippen LogP contribution in [0.5, 0.6) is 0 Å². The summed E-state index contributed by atoms with van der Waals surface area (Å²) in [5.74, 6) is -0.542. The summed E-state index contributed by atoms with van der Waals surface area (Å²) in [5.41, 5.74) is 4.52. The molecule has 4 rings (SSSR count). The molecule has 1 N–H and O–H groups in total. The predicted molar refractivity (Wildman–Crippen MR) is 105 cm³/mol. The number of hydrogen-bond acceptors (Lipinski definition) is 3. The zero-order valence-corrected chi connectivity index (χ0v) is 15.0. The minimum Gasteiger partial charge on any atom is -0.503 e. The molecule has 0 spiro atoms. The van der Waals surface area contributed by atoms with Crippen molar-refractivity contribution < 1.29 is 9.90 Å². The lowest BCUT2D eigenvalue weighted by Gasteiger charge is -2.27. The molecule has 1 unspecified atom stereocenters. The van der Waals surface area contributed by atoms with Gasteiger partial charge in [-0.05, 0) is 29.7 Å². The highest BCUT2D eigenvalue weighted by molar-refractivity contribution is 6.05. The molecular formula is C23H20N2O2. The number of carbonyl (C=O) groups excluding carboxylic acids is 1. The van der Waals surface area contributed by atoms with E-state index in [2.05, 4.69) is 4.98 Å². The Bertz CT molecular complexity index is 980. The maximum Gasteiger partial charge on any atom is 0.290 e. The first-order chi connectivity index (χ1) is 13.1. The standard InChI is InChI=1S/C23H20N2O2/c1-16-9-11-18(12-10-16)20-21(19-7-3-2-4-8-19)25(23(27)22(20)26)15-17-6-5-13-24-14-17/h2-14,21,26H,15H2,1H3. The number of amides is 1. The number of carbonyl (C=O) groups is 1. The number of benzene rings is 2. The Kier molecular flexibility index (Phi) is 4.47. The van der Waals surface area contributed by atoms with E-state index < -0.39 is 0 Å². The van der Waals surface area contributed by atoms with Crippen molar-refractivity contribution in [1.82, 2.24) is 9.88 Å². The first kappa shape index (κ1) is 17.0. The molecule has 2 heterocycles. The van der Waals surface area contributed by atoms with Crippen LogP contribution in [0.4, 0.5) is 0 Å². The monoisotopic (exact) mass is 356 g/mol. The van der Waals surface area contributed by atoms with Gasteiger partial charge < -0.3 is 10.0 Å². The topological polar surface area (TPSA) is 53.4 Å². The molecule has 1 aromatic heterocycles. The molecule has 4 nitrogen and oxygen atoms in total. The van der Waals surface area contributed by atoms with E-state index in [9.17, 15) is 9.90 Å². The molecule has 2 aromatic carbocycles. The third-order valence-corrected chi connectivity index (χ3v) is 4.86. The lowest BCUT2D eigenvalue weighted by atomic mass is 9.93. The summed E-state index contributed by atoms with van der Waals surface area (Å²) < 4.78 is 0. The second-order valence-corrected chi connectivity index (χ2v) is 6.74. The third-order valence-electron chi connectivity index (χ3n) is 4.86. The Labute approximate surface area is 158 Å². The molecule has 0 saturated carbocycles. The van der Waals surface area contributed by atoms with Crippen LogP contribution in [0.3, 0.4) is 0 Å². The van der Waals surface area contributed by atoms with Crippen LogP contribution in [-0.2, 0) is 11.3 Å². The summed E-state index contributed by atoms with van der Waals surface area (Å²) in [6, 6.07) is 21.1. The van der Waals surface area contributed by atoms with E-state index in [0.29, 0.717) is 12.1 Å². The van der Waals surface area contributed by atoms with Crippen LogP contribution in [0.25, 0.3) is 5.57 Å². The minimum absolute atomic E-state index is 0.184. The van der Waals surface area contributed by atoms with Gasteiger partial charge in [0.1, 0.15) is 0 Å². The van der Waals surface area contributed by atoms with Crippen molar-refractivity contribution in [2.75, 3.05) is 0 Å². The summed E-state index contributed by atoms with van der Waals surface area (Å²) in [5, 5.41) is 10.7. The van der Waals surface area contributed by atoms with Gasteiger partial charge in [0.15, 0.2) is 5.76 Å². The number of aliphatic hydroxyl groups excluding tert-OH is 1. The molecule has 0 aliphatic carbocycles. The van der Waals surface area contributed by atoms with Crippen LogP contribution in [0, 0.1) is 6.92 Å². The Balaban J connectivity index is 1.81. The largest absolute Gasteiger partial charge is 0.503 e. The van der Waals surface area contributed by atoms with Crippen molar-refractivity contribution in [3.63, 3.8) is 0 Å². The second kappa shape index (κ2) is 7.08. The fraction of sp³-hybridized carbons (Fsp3) is 0.130. The van der Waals surface area contributed by atoms with Gasteiger partial charge in [-0.1, -0.05) is 66.2 Å². The van der Waals surface area contributed by atoms with E-state index in [-0.39, 0.29) is 17.7 Å². The van der Waals surface area contributed by atoms with Gasteiger partial charge in [0.05, 0.1) is 6.04 Å². The lowest BCUT2D eigenvalue weighted by Crippen LogP contribution is -2.29. The van der Waals surface area contributed by atoms with Crippen LogP contribution in [0.15, 0.2) is 84.9 Å². The Morgan fingerprint density at radius 3 is 2.41 bits per heavy atom. The number of hydrogen-bond donors (Lipinski definition) is 1. The van der Waals surface area contributed by atoms with Gasteiger partial charge >= 0.3 is 0 Å². The van der Waals surface area contributed by atoms with Crippen molar-refractivity contribution >= 4 is 11.5 Å². The van der Waals surface area contributed by atoms with Crippen molar-refractivity contribution in [2.24, 2.45) is 0 Å². The van der Waals surface area contributed by atoms with Crippen LogP contribution >= 0.6 is 0 Å². The number of pyridine rings is 1. The first-order valence-corrected chi connectivity index (χ1v) is 8.90. The van der Waals surface area contributed by atoms with E-state index in [1.165, 1.54) is 0 Å². The van der Waals surface area contributed by atoms with Gasteiger partial charge in [-0.15, -0.1) is 0 Å². The van der Waals surface area contributed by atoms with E-state index >= 15 is 0 Å².